The Morgan fingerprint density at radius 3 is 2.96 bits per heavy atom. The maximum absolute atomic E-state index is 12.8. The zero-order valence-electron chi connectivity index (χ0n) is 15.0. The first-order chi connectivity index (χ1) is 12.2. The van der Waals surface area contributed by atoms with Gasteiger partial charge in [0.15, 0.2) is 4.96 Å². The van der Waals surface area contributed by atoms with Gasteiger partial charge in [-0.05, 0) is 45.1 Å². The normalized spacial score (nSPS) is 23.2. The maximum atomic E-state index is 12.8. The van der Waals surface area contributed by atoms with Crippen molar-refractivity contribution in [3.63, 3.8) is 0 Å². The van der Waals surface area contributed by atoms with E-state index in [-0.39, 0.29) is 11.9 Å². The van der Waals surface area contributed by atoms with Crippen LogP contribution in [-0.2, 0) is 0 Å². The Hall–Kier alpha value is -1.40. The van der Waals surface area contributed by atoms with Crippen molar-refractivity contribution in [2.24, 2.45) is 5.92 Å². The molecule has 3 heterocycles. The number of thiazole rings is 1. The summed E-state index contributed by atoms with van der Waals surface area (Å²) in [6.07, 6.45) is 11.2. The maximum Gasteiger partial charge on any atom is 0.270 e. The number of imidazole rings is 1. The van der Waals surface area contributed by atoms with Crippen LogP contribution in [0.3, 0.4) is 0 Å². The van der Waals surface area contributed by atoms with Crippen molar-refractivity contribution in [2.75, 3.05) is 19.6 Å². The van der Waals surface area contributed by atoms with E-state index in [1.807, 2.05) is 22.9 Å². The van der Waals surface area contributed by atoms with Crippen molar-refractivity contribution in [1.82, 2.24) is 19.6 Å². The Labute approximate surface area is 153 Å². The van der Waals surface area contributed by atoms with Crippen molar-refractivity contribution in [2.45, 2.75) is 57.9 Å². The lowest BCUT2D eigenvalue weighted by molar-refractivity contribution is 0.0883. The molecule has 2 aromatic heterocycles. The molecule has 1 aliphatic heterocycles. The average Bonchev–Trinajstić information content (AvgIpc) is 3.15. The second kappa shape index (κ2) is 7.46. The number of amides is 1. The monoisotopic (exact) mass is 360 g/mol. The third-order valence-electron chi connectivity index (χ3n) is 5.73. The number of piperidine rings is 1. The van der Waals surface area contributed by atoms with Crippen LogP contribution in [-0.4, -0.2) is 45.9 Å². The van der Waals surface area contributed by atoms with E-state index < -0.39 is 0 Å². The molecule has 1 saturated heterocycles. The summed E-state index contributed by atoms with van der Waals surface area (Å²) in [5, 5.41) is 5.25. The van der Waals surface area contributed by atoms with Gasteiger partial charge in [0.25, 0.3) is 5.91 Å². The Morgan fingerprint density at radius 1 is 1.28 bits per heavy atom. The molecule has 0 aromatic carbocycles. The fourth-order valence-corrected chi connectivity index (χ4v) is 5.25. The van der Waals surface area contributed by atoms with Crippen molar-refractivity contribution < 1.29 is 4.79 Å². The van der Waals surface area contributed by atoms with E-state index in [9.17, 15) is 4.79 Å². The van der Waals surface area contributed by atoms with E-state index >= 15 is 0 Å². The van der Waals surface area contributed by atoms with E-state index in [0.29, 0.717) is 5.69 Å². The minimum absolute atomic E-state index is 0.0212. The number of carbonyl (C=O) groups excluding carboxylic acids is 1. The summed E-state index contributed by atoms with van der Waals surface area (Å²) in [7, 11) is 0. The summed E-state index contributed by atoms with van der Waals surface area (Å²) in [6.45, 7) is 5.31. The summed E-state index contributed by atoms with van der Waals surface area (Å²) in [5.74, 6) is 0.888. The van der Waals surface area contributed by atoms with Gasteiger partial charge in [-0.1, -0.05) is 19.3 Å². The van der Waals surface area contributed by atoms with E-state index in [1.54, 1.807) is 11.3 Å². The third kappa shape index (κ3) is 3.75. The molecule has 0 spiro atoms. The van der Waals surface area contributed by atoms with E-state index in [0.717, 1.165) is 29.5 Å². The first-order valence-corrected chi connectivity index (χ1v) is 10.5. The molecule has 1 amide bonds. The number of aryl methyl sites for hydroxylation is 1. The highest BCUT2D eigenvalue weighted by Crippen LogP contribution is 2.25. The number of aromatic nitrogens is 2. The number of hydrogen-bond acceptors (Lipinski definition) is 4. The van der Waals surface area contributed by atoms with Gasteiger partial charge in [-0.2, -0.15) is 0 Å². The number of nitrogens with one attached hydrogen (secondary N) is 1. The van der Waals surface area contributed by atoms with Gasteiger partial charge in [-0.3, -0.25) is 9.20 Å². The fourth-order valence-electron chi connectivity index (χ4n) is 4.50. The summed E-state index contributed by atoms with van der Waals surface area (Å²) in [4.78, 5) is 20.8. The third-order valence-corrected chi connectivity index (χ3v) is 6.49. The highest BCUT2D eigenvalue weighted by molar-refractivity contribution is 7.15. The standard InChI is InChI=1S/C19H28N4OS/c1-14-17(23-10-11-25-19(23)20-14)18(24)21-16-8-5-9-22(13-16)12-15-6-3-2-4-7-15/h10-11,15-16H,2-9,12-13H2,1H3,(H,21,24)/t16-/m0/s1. The van der Waals surface area contributed by atoms with Crippen LogP contribution in [0.4, 0.5) is 0 Å². The molecule has 2 fully saturated rings. The topological polar surface area (TPSA) is 49.6 Å². The SMILES string of the molecule is Cc1nc2sccn2c1C(=O)N[C@H]1CCCN(CC2CCCCC2)C1. The number of nitrogens with zero attached hydrogens (tertiary/aromatic N) is 3. The van der Waals surface area contributed by atoms with Crippen molar-refractivity contribution in [3.05, 3.63) is 23.0 Å². The van der Waals surface area contributed by atoms with Gasteiger partial charge in [-0.15, -0.1) is 11.3 Å². The largest absolute Gasteiger partial charge is 0.347 e. The summed E-state index contributed by atoms with van der Waals surface area (Å²) < 4.78 is 1.91. The smallest absolute Gasteiger partial charge is 0.270 e. The Morgan fingerprint density at radius 2 is 2.12 bits per heavy atom. The van der Waals surface area contributed by atoms with Crippen LogP contribution in [0.5, 0.6) is 0 Å². The molecule has 1 N–H and O–H groups in total. The van der Waals surface area contributed by atoms with Crippen LogP contribution >= 0.6 is 11.3 Å². The van der Waals surface area contributed by atoms with Gasteiger partial charge in [0, 0.05) is 30.7 Å². The predicted molar refractivity (Wildman–Crippen MR) is 101 cm³/mol. The Bertz CT molecular complexity index is 731. The molecule has 2 aliphatic rings. The quantitative estimate of drug-likeness (QED) is 0.908. The number of hydrogen-bond donors (Lipinski definition) is 1. The lowest BCUT2D eigenvalue weighted by atomic mass is 9.88. The van der Waals surface area contributed by atoms with Gasteiger partial charge in [0.05, 0.1) is 5.69 Å². The second-order valence-corrected chi connectivity index (χ2v) is 8.55. The minimum atomic E-state index is 0.0212. The van der Waals surface area contributed by atoms with Crippen LogP contribution in [0.1, 0.15) is 61.1 Å². The first-order valence-electron chi connectivity index (χ1n) is 9.66. The highest BCUT2D eigenvalue weighted by atomic mass is 32.1. The number of carbonyl (C=O) groups is 1. The summed E-state index contributed by atoms with van der Waals surface area (Å²) >= 11 is 1.57. The molecular weight excluding hydrogens is 332 g/mol. The fraction of sp³-hybridized carbons (Fsp3) is 0.684. The van der Waals surface area contributed by atoms with Crippen LogP contribution < -0.4 is 5.32 Å². The Balaban J connectivity index is 1.37. The molecule has 1 saturated carbocycles. The molecule has 0 radical (unpaired) electrons. The van der Waals surface area contributed by atoms with Crippen LogP contribution in [0.15, 0.2) is 11.6 Å². The van der Waals surface area contributed by atoms with Crippen LogP contribution in [0.2, 0.25) is 0 Å². The van der Waals surface area contributed by atoms with E-state index in [2.05, 4.69) is 15.2 Å². The van der Waals surface area contributed by atoms with Gasteiger partial charge in [0.1, 0.15) is 5.69 Å². The molecule has 5 nitrogen and oxygen atoms in total. The van der Waals surface area contributed by atoms with Gasteiger partial charge >= 0.3 is 0 Å². The lowest BCUT2D eigenvalue weighted by Gasteiger charge is -2.36. The second-order valence-electron chi connectivity index (χ2n) is 7.68. The molecule has 4 rings (SSSR count). The molecule has 0 bridgehead atoms. The van der Waals surface area contributed by atoms with Crippen molar-refractivity contribution >= 4 is 22.2 Å². The van der Waals surface area contributed by atoms with Gasteiger partial charge < -0.3 is 10.2 Å². The molecule has 1 atom stereocenters. The molecule has 136 valence electrons. The van der Waals surface area contributed by atoms with Crippen molar-refractivity contribution in [3.8, 4) is 0 Å². The molecule has 25 heavy (non-hydrogen) atoms. The highest BCUT2D eigenvalue weighted by Gasteiger charge is 2.26. The number of rotatable bonds is 4. The zero-order valence-corrected chi connectivity index (χ0v) is 15.9. The number of fused-ring (bicyclic) bond motifs is 1. The molecule has 1 aliphatic carbocycles. The van der Waals surface area contributed by atoms with Crippen molar-refractivity contribution in [1.29, 1.82) is 0 Å². The molecule has 0 unspecified atom stereocenters. The van der Waals surface area contributed by atoms with Crippen LogP contribution in [0, 0.1) is 12.8 Å². The van der Waals surface area contributed by atoms with Gasteiger partial charge in [-0.25, -0.2) is 4.98 Å². The number of likely N-dealkylation sites (tertiary alicyclic amines) is 1. The molecule has 6 heteroatoms. The Kier molecular flexibility index (Phi) is 5.08. The van der Waals surface area contributed by atoms with Gasteiger partial charge in [0.2, 0.25) is 0 Å². The summed E-state index contributed by atoms with van der Waals surface area (Å²) in [6, 6.07) is 0.258. The first kappa shape index (κ1) is 17.0. The molecule has 2 aromatic rings. The predicted octanol–water partition coefficient (Wildman–Crippen LogP) is 3.48. The van der Waals surface area contributed by atoms with Crippen LogP contribution in [0.25, 0.3) is 4.96 Å². The lowest BCUT2D eigenvalue weighted by Crippen LogP contribution is -2.49. The average molecular weight is 361 g/mol. The molecular formula is C19H28N4OS. The minimum Gasteiger partial charge on any atom is -0.347 e. The van der Waals surface area contributed by atoms with E-state index in [1.165, 1.54) is 51.6 Å². The van der Waals surface area contributed by atoms with E-state index in [4.69, 9.17) is 0 Å². The zero-order chi connectivity index (χ0) is 17.2. The summed E-state index contributed by atoms with van der Waals surface area (Å²) in [5.41, 5.74) is 1.51.